The molecule has 0 saturated carbocycles. The zero-order valence-electron chi connectivity index (χ0n) is 9.29. The van der Waals surface area contributed by atoms with Crippen LogP contribution in [0.1, 0.15) is 18.9 Å². The van der Waals surface area contributed by atoms with Gasteiger partial charge in [0.2, 0.25) is 5.91 Å². The Bertz CT molecular complexity index is 426. The van der Waals surface area contributed by atoms with Gasteiger partial charge in [0.05, 0.1) is 0 Å². The Morgan fingerprint density at radius 2 is 2.38 bits per heavy atom. The molecule has 0 spiro atoms. The maximum Gasteiger partial charge on any atom is 0.221 e. The van der Waals surface area contributed by atoms with Gasteiger partial charge in [0.25, 0.3) is 0 Å². The van der Waals surface area contributed by atoms with E-state index in [0.29, 0.717) is 0 Å². The van der Waals surface area contributed by atoms with Crippen molar-refractivity contribution in [3.63, 3.8) is 0 Å². The van der Waals surface area contributed by atoms with Gasteiger partial charge in [0, 0.05) is 31.3 Å². The smallest absolute Gasteiger partial charge is 0.221 e. The van der Waals surface area contributed by atoms with Crippen molar-refractivity contribution in [1.29, 1.82) is 0 Å². The van der Waals surface area contributed by atoms with Crippen molar-refractivity contribution in [2.75, 3.05) is 18.4 Å². The summed E-state index contributed by atoms with van der Waals surface area (Å²) in [5.41, 5.74) is 1.83. The molecule has 1 aromatic carbocycles. The number of hydrogen-bond acceptors (Lipinski definition) is 3. The lowest BCUT2D eigenvalue weighted by atomic mass is 10.1. The molecule has 1 aliphatic heterocycles. The average Bonchev–Trinajstić information content (AvgIpc) is 2.30. The van der Waals surface area contributed by atoms with E-state index in [1.54, 1.807) is 0 Å². The van der Waals surface area contributed by atoms with Gasteiger partial charge in [0.1, 0.15) is 5.84 Å². The third kappa shape index (κ3) is 2.59. The van der Waals surface area contributed by atoms with Gasteiger partial charge in [-0.25, -0.2) is 0 Å². The fourth-order valence-corrected chi connectivity index (χ4v) is 1.67. The van der Waals surface area contributed by atoms with Crippen molar-refractivity contribution in [1.82, 2.24) is 5.32 Å². The molecule has 0 radical (unpaired) electrons. The molecule has 1 aromatic rings. The fraction of sp³-hybridized carbons (Fsp3) is 0.333. The second kappa shape index (κ2) is 4.79. The molecule has 0 aromatic heterocycles. The number of hydrogen-bond donors (Lipinski definition) is 2. The molecule has 0 fully saturated rings. The van der Waals surface area contributed by atoms with Gasteiger partial charge in [-0.2, -0.15) is 0 Å². The van der Waals surface area contributed by atoms with E-state index in [2.05, 4.69) is 15.6 Å². The number of benzene rings is 1. The topological polar surface area (TPSA) is 53.5 Å². The summed E-state index contributed by atoms with van der Waals surface area (Å²) in [6.45, 7) is 3.33. The highest BCUT2D eigenvalue weighted by atomic mass is 16.1. The first-order valence-electron chi connectivity index (χ1n) is 5.42. The molecule has 4 heteroatoms. The van der Waals surface area contributed by atoms with E-state index in [9.17, 15) is 4.79 Å². The molecule has 1 aliphatic rings. The van der Waals surface area contributed by atoms with E-state index in [1.165, 1.54) is 6.92 Å². The van der Waals surface area contributed by atoms with Crippen LogP contribution in [0.15, 0.2) is 29.3 Å². The van der Waals surface area contributed by atoms with Crippen LogP contribution in [0.3, 0.4) is 0 Å². The van der Waals surface area contributed by atoms with Gasteiger partial charge in [0.15, 0.2) is 0 Å². The van der Waals surface area contributed by atoms with E-state index < -0.39 is 0 Å². The lowest BCUT2D eigenvalue weighted by molar-refractivity contribution is -0.114. The Kier molecular flexibility index (Phi) is 3.19. The summed E-state index contributed by atoms with van der Waals surface area (Å²) in [7, 11) is 0. The van der Waals surface area contributed by atoms with Crippen molar-refractivity contribution in [2.45, 2.75) is 13.3 Å². The van der Waals surface area contributed by atoms with Crippen molar-refractivity contribution in [3.8, 4) is 0 Å². The van der Waals surface area contributed by atoms with Crippen LogP contribution in [-0.4, -0.2) is 24.8 Å². The highest BCUT2D eigenvalue weighted by Gasteiger charge is 2.07. The second-order valence-electron chi connectivity index (χ2n) is 3.77. The number of nitrogens with one attached hydrogen (secondary N) is 2. The third-order valence-corrected chi connectivity index (χ3v) is 2.35. The Balaban J connectivity index is 2.21. The SMILES string of the molecule is CC(=O)Nc1cccc(C2=NCCCN2)c1. The number of amidine groups is 1. The van der Waals surface area contributed by atoms with Crippen LogP contribution < -0.4 is 10.6 Å². The summed E-state index contributed by atoms with van der Waals surface area (Å²) < 4.78 is 0. The van der Waals surface area contributed by atoms with Crippen LogP contribution in [0.2, 0.25) is 0 Å². The minimum atomic E-state index is -0.0595. The van der Waals surface area contributed by atoms with Crippen LogP contribution in [0, 0.1) is 0 Å². The van der Waals surface area contributed by atoms with E-state index in [4.69, 9.17) is 0 Å². The maximum absolute atomic E-state index is 10.9. The lowest BCUT2D eigenvalue weighted by Crippen LogP contribution is -2.30. The standard InChI is InChI=1S/C12H15N3O/c1-9(16)15-11-5-2-4-10(8-11)12-13-6-3-7-14-12/h2,4-5,8H,3,6-7H2,1H3,(H,13,14)(H,15,16). The maximum atomic E-state index is 10.9. The first kappa shape index (κ1) is 10.7. The van der Waals surface area contributed by atoms with Crippen molar-refractivity contribution >= 4 is 17.4 Å². The number of carbonyl (C=O) groups excluding carboxylic acids is 1. The Morgan fingerprint density at radius 3 is 3.06 bits per heavy atom. The molecule has 2 N–H and O–H groups in total. The molecule has 84 valence electrons. The highest BCUT2D eigenvalue weighted by molar-refractivity contribution is 6.00. The van der Waals surface area contributed by atoms with Crippen LogP contribution in [0.25, 0.3) is 0 Å². The van der Waals surface area contributed by atoms with E-state index in [0.717, 1.165) is 36.6 Å². The predicted molar refractivity (Wildman–Crippen MR) is 64.8 cm³/mol. The number of aliphatic imine (C=N–C) groups is 1. The first-order chi connectivity index (χ1) is 7.75. The normalized spacial score (nSPS) is 14.9. The number of carbonyl (C=O) groups is 1. The average molecular weight is 217 g/mol. The molecular weight excluding hydrogens is 202 g/mol. The number of nitrogens with zero attached hydrogens (tertiary/aromatic N) is 1. The molecule has 16 heavy (non-hydrogen) atoms. The largest absolute Gasteiger partial charge is 0.370 e. The highest BCUT2D eigenvalue weighted by Crippen LogP contribution is 2.12. The second-order valence-corrected chi connectivity index (χ2v) is 3.77. The van der Waals surface area contributed by atoms with E-state index in [-0.39, 0.29) is 5.91 Å². The summed E-state index contributed by atoms with van der Waals surface area (Å²) in [5, 5.41) is 6.02. The first-order valence-corrected chi connectivity index (χ1v) is 5.42. The Hall–Kier alpha value is -1.84. The van der Waals surface area contributed by atoms with Crippen LogP contribution >= 0.6 is 0 Å². The Morgan fingerprint density at radius 1 is 1.50 bits per heavy atom. The van der Waals surface area contributed by atoms with Crippen LogP contribution in [0.5, 0.6) is 0 Å². The van der Waals surface area contributed by atoms with Crippen molar-refractivity contribution in [3.05, 3.63) is 29.8 Å². The van der Waals surface area contributed by atoms with Gasteiger partial charge in [-0.15, -0.1) is 0 Å². The van der Waals surface area contributed by atoms with Crippen molar-refractivity contribution in [2.24, 2.45) is 4.99 Å². The summed E-state index contributed by atoms with van der Waals surface area (Å²) in [6.07, 6.45) is 1.08. The third-order valence-electron chi connectivity index (χ3n) is 2.35. The fourth-order valence-electron chi connectivity index (χ4n) is 1.67. The molecule has 4 nitrogen and oxygen atoms in total. The lowest BCUT2D eigenvalue weighted by Gasteiger charge is -2.15. The minimum Gasteiger partial charge on any atom is -0.370 e. The molecule has 0 aliphatic carbocycles. The monoisotopic (exact) mass is 217 g/mol. The van der Waals surface area contributed by atoms with Gasteiger partial charge < -0.3 is 10.6 Å². The zero-order chi connectivity index (χ0) is 11.4. The number of amides is 1. The van der Waals surface area contributed by atoms with Gasteiger partial charge in [-0.1, -0.05) is 12.1 Å². The molecule has 0 atom stereocenters. The number of anilines is 1. The molecule has 0 saturated heterocycles. The molecule has 0 unspecified atom stereocenters. The summed E-state index contributed by atoms with van der Waals surface area (Å²) in [4.78, 5) is 15.4. The quantitative estimate of drug-likeness (QED) is 0.786. The molecule has 1 heterocycles. The molecule has 1 amide bonds. The summed E-state index contributed by atoms with van der Waals surface area (Å²) in [5.74, 6) is 0.856. The number of rotatable bonds is 2. The van der Waals surface area contributed by atoms with Gasteiger partial charge >= 0.3 is 0 Å². The molecule has 2 rings (SSSR count). The van der Waals surface area contributed by atoms with Gasteiger partial charge in [-0.05, 0) is 18.6 Å². The summed E-state index contributed by atoms with van der Waals surface area (Å²) in [6, 6.07) is 7.70. The van der Waals surface area contributed by atoms with Crippen molar-refractivity contribution < 1.29 is 4.79 Å². The van der Waals surface area contributed by atoms with Crippen LogP contribution in [0.4, 0.5) is 5.69 Å². The molecule has 0 bridgehead atoms. The van der Waals surface area contributed by atoms with E-state index >= 15 is 0 Å². The van der Waals surface area contributed by atoms with E-state index in [1.807, 2.05) is 24.3 Å². The minimum absolute atomic E-state index is 0.0595. The van der Waals surface area contributed by atoms with Crippen LogP contribution in [-0.2, 0) is 4.79 Å². The zero-order valence-corrected chi connectivity index (χ0v) is 9.29. The molecular formula is C12H15N3O. The van der Waals surface area contributed by atoms with Gasteiger partial charge in [-0.3, -0.25) is 9.79 Å². The summed E-state index contributed by atoms with van der Waals surface area (Å²) >= 11 is 0. The predicted octanol–water partition coefficient (Wildman–Crippen LogP) is 1.38. The Labute approximate surface area is 94.8 Å².